The van der Waals surface area contributed by atoms with E-state index in [1.165, 1.54) is 25.4 Å². The minimum atomic E-state index is -4.38. The molecule has 0 radical (unpaired) electrons. The van der Waals surface area contributed by atoms with Crippen LogP contribution in [0.5, 0.6) is 0 Å². The van der Waals surface area contributed by atoms with E-state index in [0.29, 0.717) is 35.6 Å². The van der Waals surface area contributed by atoms with Gasteiger partial charge in [0, 0.05) is 37.5 Å². The third kappa shape index (κ3) is 5.65. The Hall–Kier alpha value is -3.14. The summed E-state index contributed by atoms with van der Waals surface area (Å²) in [7, 11) is 1.45. The van der Waals surface area contributed by atoms with Gasteiger partial charge in [-0.05, 0) is 75.9 Å². The van der Waals surface area contributed by atoms with Crippen molar-refractivity contribution in [2.45, 2.75) is 58.2 Å². The van der Waals surface area contributed by atoms with E-state index in [0.717, 1.165) is 61.2 Å². The maximum absolute atomic E-state index is 13.2. The molecule has 0 atom stereocenters. The average Bonchev–Trinajstić information content (AvgIpc) is 2.90. The Morgan fingerprint density at radius 2 is 1.68 bits per heavy atom. The molecule has 2 aliphatic rings. The number of benzene rings is 1. The Bertz CT molecular complexity index is 1180. The number of aryl methyl sites for hydroxylation is 1. The highest BCUT2D eigenvalue weighted by molar-refractivity contribution is 6.02. The number of hydrogen-bond donors (Lipinski definition) is 0. The summed E-state index contributed by atoms with van der Waals surface area (Å²) in [5.74, 6) is -0.0149. The van der Waals surface area contributed by atoms with Gasteiger partial charge in [-0.2, -0.15) is 17.9 Å². The Morgan fingerprint density at radius 1 is 1.08 bits per heavy atom. The molecule has 10 heteroatoms. The van der Waals surface area contributed by atoms with Crippen molar-refractivity contribution in [3.63, 3.8) is 0 Å². The standard InChI is InChI=1S/C28H35F3N4O3/c1-19-9-16-35(37)20(2)24(19)26(36)33-17-12-27(3,13-18-33)34-14-10-22(11-15-34)25(32-38-4)21-5-7-23(8-6-21)28(29,30)31/h5-9,16,22H,10-15,17-18H2,1-4H3/b32-25-. The van der Waals surface area contributed by atoms with E-state index in [1.807, 2.05) is 11.8 Å². The second-order valence-corrected chi connectivity index (χ2v) is 10.6. The minimum Gasteiger partial charge on any atom is -0.618 e. The maximum Gasteiger partial charge on any atom is 0.416 e. The number of carbonyl (C=O) groups excluding carboxylic acids is 1. The number of halogens is 3. The summed E-state index contributed by atoms with van der Waals surface area (Å²) < 4.78 is 39.7. The van der Waals surface area contributed by atoms with Gasteiger partial charge in [-0.1, -0.05) is 17.3 Å². The molecule has 7 nitrogen and oxygen atoms in total. The van der Waals surface area contributed by atoms with Gasteiger partial charge in [0.25, 0.3) is 5.91 Å². The molecule has 38 heavy (non-hydrogen) atoms. The molecular formula is C28H35F3N4O3. The molecule has 4 rings (SSSR count). The van der Waals surface area contributed by atoms with Crippen LogP contribution in [-0.2, 0) is 11.0 Å². The van der Waals surface area contributed by atoms with E-state index in [1.54, 1.807) is 13.0 Å². The van der Waals surface area contributed by atoms with Crippen LogP contribution in [0.25, 0.3) is 0 Å². The second-order valence-electron chi connectivity index (χ2n) is 10.6. The molecule has 2 fully saturated rings. The molecule has 0 N–H and O–H groups in total. The normalized spacial score (nSPS) is 19.4. The first-order valence-electron chi connectivity index (χ1n) is 13.0. The van der Waals surface area contributed by atoms with Crippen LogP contribution in [0.1, 0.15) is 65.3 Å². The van der Waals surface area contributed by atoms with Gasteiger partial charge in [-0.15, -0.1) is 0 Å². The van der Waals surface area contributed by atoms with Crippen molar-refractivity contribution in [2.75, 3.05) is 33.3 Å². The lowest BCUT2D eigenvalue weighted by Gasteiger charge is -2.49. The van der Waals surface area contributed by atoms with Crippen molar-refractivity contribution in [1.82, 2.24) is 9.80 Å². The summed E-state index contributed by atoms with van der Waals surface area (Å²) in [5, 5.41) is 16.2. The Labute approximate surface area is 221 Å². The van der Waals surface area contributed by atoms with E-state index in [-0.39, 0.29) is 17.4 Å². The van der Waals surface area contributed by atoms with Gasteiger partial charge in [-0.3, -0.25) is 9.69 Å². The molecule has 0 saturated carbocycles. The van der Waals surface area contributed by atoms with Crippen LogP contribution >= 0.6 is 0 Å². The number of rotatable bonds is 5. The number of piperidine rings is 2. The molecule has 2 aromatic rings. The van der Waals surface area contributed by atoms with Gasteiger partial charge in [0.15, 0.2) is 6.20 Å². The number of alkyl halides is 3. The van der Waals surface area contributed by atoms with Crippen molar-refractivity contribution in [3.8, 4) is 0 Å². The molecule has 0 bridgehead atoms. The monoisotopic (exact) mass is 532 g/mol. The number of nitrogens with zero attached hydrogens (tertiary/aromatic N) is 4. The van der Waals surface area contributed by atoms with Gasteiger partial charge in [-0.25, -0.2) is 0 Å². The van der Waals surface area contributed by atoms with Crippen LogP contribution in [0.15, 0.2) is 41.7 Å². The fourth-order valence-electron chi connectivity index (χ4n) is 5.74. The number of carbonyl (C=O) groups is 1. The van der Waals surface area contributed by atoms with Gasteiger partial charge in [0.2, 0.25) is 5.69 Å². The summed E-state index contributed by atoms with van der Waals surface area (Å²) in [5.41, 5.74) is 2.28. The zero-order valence-corrected chi connectivity index (χ0v) is 22.3. The average molecular weight is 533 g/mol. The van der Waals surface area contributed by atoms with Gasteiger partial charge in [0.1, 0.15) is 12.7 Å². The molecule has 0 unspecified atom stereocenters. The van der Waals surface area contributed by atoms with Crippen LogP contribution in [0.2, 0.25) is 0 Å². The summed E-state index contributed by atoms with van der Waals surface area (Å²) in [6.07, 6.45) is 0.321. The Morgan fingerprint density at radius 3 is 2.24 bits per heavy atom. The first-order chi connectivity index (χ1) is 17.9. The van der Waals surface area contributed by atoms with Crippen molar-refractivity contribution >= 4 is 11.6 Å². The quantitative estimate of drug-likeness (QED) is 0.242. The number of amides is 1. The predicted octanol–water partition coefficient (Wildman–Crippen LogP) is 4.71. The number of hydrogen-bond acceptors (Lipinski definition) is 5. The number of pyridine rings is 1. The zero-order valence-electron chi connectivity index (χ0n) is 22.3. The summed E-state index contributed by atoms with van der Waals surface area (Å²) in [6.45, 7) is 8.64. The molecular weight excluding hydrogens is 497 g/mol. The van der Waals surface area contributed by atoms with Crippen LogP contribution in [0.3, 0.4) is 0 Å². The minimum absolute atomic E-state index is 0.0616. The van der Waals surface area contributed by atoms with E-state index in [9.17, 15) is 23.2 Å². The smallest absolute Gasteiger partial charge is 0.416 e. The molecule has 3 heterocycles. The molecule has 1 aromatic heterocycles. The lowest BCUT2D eigenvalue weighted by molar-refractivity contribution is -0.612. The third-order valence-corrected chi connectivity index (χ3v) is 8.23. The highest BCUT2D eigenvalue weighted by Crippen LogP contribution is 2.35. The number of oxime groups is 1. The van der Waals surface area contributed by atoms with Crippen molar-refractivity contribution < 1.29 is 27.5 Å². The van der Waals surface area contributed by atoms with E-state index < -0.39 is 11.7 Å². The Kier molecular flexibility index (Phi) is 8.01. The summed E-state index contributed by atoms with van der Waals surface area (Å²) in [4.78, 5) is 22.6. The molecule has 0 aliphatic carbocycles. The molecule has 1 amide bonds. The first-order valence-corrected chi connectivity index (χ1v) is 13.0. The van der Waals surface area contributed by atoms with E-state index >= 15 is 0 Å². The fourth-order valence-corrected chi connectivity index (χ4v) is 5.74. The van der Waals surface area contributed by atoms with Crippen LogP contribution in [-0.4, -0.2) is 60.2 Å². The predicted molar refractivity (Wildman–Crippen MR) is 138 cm³/mol. The van der Waals surface area contributed by atoms with E-state index in [4.69, 9.17) is 4.84 Å². The largest absolute Gasteiger partial charge is 0.618 e. The molecule has 0 spiro atoms. The first kappa shape index (κ1) is 27.9. The third-order valence-electron chi connectivity index (χ3n) is 8.23. The van der Waals surface area contributed by atoms with E-state index in [2.05, 4.69) is 17.0 Å². The highest BCUT2D eigenvalue weighted by atomic mass is 19.4. The van der Waals surface area contributed by atoms with Crippen molar-refractivity contribution in [1.29, 1.82) is 0 Å². The molecule has 206 valence electrons. The van der Waals surface area contributed by atoms with Crippen LogP contribution < -0.4 is 4.73 Å². The molecule has 2 aliphatic heterocycles. The van der Waals surface area contributed by atoms with Crippen molar-refractivity contribution in [3.05, 3.63) is 69.7 Å². The van der Waals surface area contributed by atoms with Crippen LogP contribution in [0, 0.1) is 25.0 Å². The second kappa shape index (κ2) is 10.9. The van der Waals surface area contributed by atoms with Crippen LogP contribution in [0.4, 0.5) is 13.2 Å². The number of aromatic nitrogens is 1. The van der Waals surface area contributed by atoms with Gasteiger partial charge >= 0.3 is 6.18 Å². The Balaban J connectivity index is 1.38. The van der Waals surface area contributed by atoms with Gasteiger partial charge < -0.3 is 14.9 Å². The lowest BCUT2D eigenvalue weighted by Crippen LogP contribution is -2.57. The molecule has 1 aromatic carbocycles. The highest BCUT2D eigenvalue weighted by Gasteiger charge is 2.40. The molecule has 2 saturated heterocycles. The zero-order chi connectivity index (χ0) is 27.7. The topological polar surface area (TPSA) is 72.1 Å². The SMILES string of the molecule is CO/N=C(/c1ccc(C(F)(F)F)cc1)C1CCN(C2(C)CCN(C(=O)c3c(C)cc[n+]([O-])c3C)CC2)CC1. The summed E-state index contributed by atoms with van der Waals surface area (Å²) >= 11 is 0. The van der Waals surface area contributed by atoms with Crippen molar-refractivity contribution in [2.24, 2.45) is 11.1 Å². The summed E-state index contributed by atoms with van der Waals surface area (Å²) in [6, 6.07) is 6.77. The number of likely N-dealkylation sites (tertiary alicyclic amines) is 2. The van der Waals surface area contributed by atoms with Gasteiger partial charge in [0.05, 0.1) is 11.3 Å². The maximum atomic E-state index is 13.2. The fraction of sp³-hybridized carbons (Fsp3) is 0.536. The lowest BCUT2D eigenvalue weighted by atomic mass is 9.82.